The van der Waals surface area contributed by atoms with Crippen molar-refractivity contribution in [2.45, 2.75) is 56.7 Å². The van der Waals surface area contributed by atoms with Crippen molar-refractivity contribution in [3.8, 4) is 0 Å². The summed E-state index contributed by atoms with van der Waals surface area (Å²) < 4.78 is 5.47. The number of rotatable bonds is 3. The summed E-state index contributed by atoms with van der Waals surface area (Å²) in [5.74, 6) is 0.882. The molecule has 4 aliphatic rings. The summed E-state index contributed by atoms with van der Waals surface area (Å²) in [6, 6.07) is -0.199. The van der Waals surface area contributed by atoms with Crippen LogP contribution < -0.4 is 5.32 Å². The third-order valence-corrected chi connectivity index (χ3v) is 5.49. The topological polar surface area (TPSA) is 58.6 Å². The molecule has 2 aliphatic heterocycles. The van der Waals surface area contributed by atoms with Crippen LogP contribution in [0.2, 0.25) is 0 Å². The predicted octanol–water partition coefficient (Wildman–Crippen LogP) is 0.681. The van der Waals surface area contributed by atoms with Crippen molar-refractivity contribution in [3.05, 3.63) is 0 Å². The van der Waals surface area contributed by atoms with Gasteiger partial charge in [-0.15, -0.1) is 0 Å². The Morgan fingerprint density at radius 1 is 1.20 bits per heavy atom. The van der Waals surface area contributed by atoms with Crippen LogP contribution in [-0.4, -0.2) is 47.6 Å². The van der Waals surface area contributed by atoms with Crippen molar-refractivity contribution in [1.29, 1.82) is 0 Å². The van der Waals surface area contributed by atoms with Gasteiger partial charge in [0.2, 0.25) is 11.8 Å². The van der Waals surface area contributed by atoms with E-state index in [9.17, 15) is 9.59 Å². The van der Waals surface area contributed by atoms with Crippen LogP contribution in [-0.2, 0) is 14.3 Å². The molecule has 0 bridgehead atoms. The van der Waals surface area contributed by atoms with Crippen LogP contribution in [0.3, 0.4) is 0 Å². The highest BCUT2D eigenvalue weighted by Gasteiger charge is 2.60. The average molecular weight is 278 g/mol. The fraction of sp³-hybridized carbons (Fsp3) is 0.867. The van der Waals surface area contributed by atoms with Gasteiger partial charge in [-0.25, -0.2) is 0 Å². The second kappa shape index (κ2) is 4.20. The van der Waals surface area contributed by atoms with Crippen LogP contribution in [0.15, 0.2) is 0 Å². The van der Waals surface area contributed by atoms with Crippen molar-refractivity contribution in [1.82, 2.24) is 10.2 Å². The largest absolute Gasteiger partial charge is 0.379 e. The number of hydrogen-bond donors (Lipinski definition) is 1. The van der Waals surface area contributed by atoms with E-state index in [2.05, 4.69) is 5.32 Å². The second-order valence-corrected chi connectivity index (χ2v) is 6.94. The summed E-state index contributed by atoms with van der Waals surface area (Å²) in [4.78, 5) is 27.6. The summed E-state index contributed by atoms with van der Waals surface area (Å²) >= 11 is 0. The summed E-state index contributed by atoms with van der Waals surface area (Å²) in [6.07, 6.45) is 5.08. The maximum Gasteiger partial charge on any atom is 0.246 e. The van der Waals surface area contributed by atoms with Crippen molar-refractivity contribution in [3.63, 3.8) is 0 Å². The third kappa shape index (κ3) is 1.72. The minimum absolute atomic E-state index is 0.0587. The molecular formula is C15H22N2O3. The molecule has 5 nitrogen and oxygen atoms in total. The van der Waals surface area contributed by atoms with E-state index in [1.54, 1.807) is 0 Å². The van der Waals surface area contributed by atoms with Gasteiger partial charge in [0.15, 0.2) is 0 Å². The maximum absolute atomic E-state index is 12.9. The highest BCUT2D eigenvalue weighted by Crippen LogP contribution is 2.48. The van der Waals surface area contributed by atoms with E-state index in [0.29, 0.717) is 25.0 Å². The van der Waals surface area contributed by atoms with Crippen LogP contribution in [0, 0.1) is 11.8 Å². The number of nitrogens with one attached hydrogen (secondary N) is 1. The minimum atomic E-state index is -0.652. The molecule has 2 amide bonds. The van der Waals surface area contributed by atoms with Crippen molar-refractivity contribution < 1.29 is 14.3 Å². The first-order valence-corrected chi connectivity index (χ1v) is 7.84. The van der Waals surface area contributed by atoms with Gasteiger partial charge in [-0.05, 0) is 50.9 Å². The number of piperazine rings is 1. The third-order valence-electron chi connectivity index (χ3n) is 5.49. The summed E-state index contributed by atoms with van der Waals surface area (Å²) in [5, 5.41) is 3.02. The van der Waals surface area contributed by atoms with E-state index in [-0.39, 0.29) is 23.9 Å². The maximum atomic E-state index is 12.9. The first kappa shape index (κ1) is 12.6. The SMILES string of the molecule is CC1(C2CC2)C(=O)NC(C2CC2)C(=O)N1C1CCOC1. The minimum Gasteiger partial charge on any atom is -0.379 e. The molecule has 3 unspecified atom stereocenters. The monoisotopic (exact) mass is 278 g/mol. The van der Waals surface area contributed by atoms with Crippen LogP contribution in [0.5, 0.6) is 0 Å². The molecule has 2 saturated heterocycles. The van der Waals surface area contributed by atoms with Crippen LogP contribution in [0.25, 0.3) is 0 Å². The molecule has 20 heavy (non-hydrogen) atoms. The molecule has 2 saturated carbocycles. The van der Waals surface area contributed by atoms with E-state index in [1.165, 1.54) is 0 Å². The molecule has 0 radical (unpaired) electrons. The van der Waals surface area contributed by atoms with Gasteiger partial charge >= 0.3 is 0 Å². The number of amides is 2. The van der Waals surface area contributed by atoms with Gasteiger partial charge in [0, 0.05) is 6.61 Å². The smallest absolute Gasteiger partial charge is 0.246 e. The molecule has 0 aromatic carbocycles. The lowest BCUT2D eigenvalue weighted by molar-refractivity contribution is -0.162. The van der Waals surface area contributed by atoms with Crippen molar-refractivity contribution in [2.24, 2.45) is 11.8 Å². The number of hydrogen-bond acceptors (Lipinski definition) is 3. The van der Waals surface area contributed by atoms with Gasteiger partial charge in [0.1, 0.15) is 11.6 Å². The van der Waals surface area contributed by atoms with Crippen LogP contribution in [0.4, 0.5) is 0 Å². The Labute approximate surface area is 119 Å². The normalized spacial score (nSPS) is 42.0. The first-order valence-electron chi connectivity index (χ1n) is 7.84. The molecule has 2 heterocycles. The molecule has 0 aromatic heterocycles. The van der Waals surface area contributed by atoms with E-state index < -0.39 is 5.54 Å². The molecule has 4 rings (SSSR count). The van der Waals surface area contributed by atoms with Gasteiger partial charge in [-0.3, -0.25) is 9.59 Å². The Bertz CT molecular complexity index is 452. The highest BCUT2D eigenvalue weighted by atomic mass is 16.5. The number of ether oxygens (including phenoxy) is 1. The summed E-state index contributed by atoms with van der Waals surface area (Å²) in [5.41, 5.74) is -0.652. The molecule has 1 N–H and O–H groups in total. The lowest BCUT2D eigenvalue weighted by Gasteiger charge is -2.49. The molecule has 2 aliphatic carbocycles. The zero-order valence-corrected chi connectivity index (χ0v) is 11.9. The number of carbonyl (C=O) groups is 2. The fourth-order valence-corrected chi connectivity index (χ4v) is 3.90. The molecule has 3 atom stereocenters. The van der Waals surface area contributed by atoms with E-state index in [0.717, 1.165) is 32.1 Å². The fourth-order valence-electron chi connectivity index (χ4n) is 3.90. The first-order chi connectivity index (χ1) is 9.62. The molecule has 0 spiro atoms. The van der Waals surface area contributed by atoms with Crippen LogP contribution >= 0.6 is 0 Å². The number of nitrogens with zero attached hydrogens (tertiary/aromatic N) is 1. The summed E-state index contributed by atoms with van der Waals surface area (Å²) in [7, 11) is 0. The Balaban J connectivity index is 1.69. The van der Waals surface area contributed by atoms with E-state index in [4.69, 9.17) is 4.74 Å². The molecule has 4 fully saturated rings. The average Bonchev–Trinajstić information content (AvgIpc) is 3.33. The van der Waals surface area contributed by atoms with E-state index in [1.807, 2.05) is 11.8 Å². The molecule has 0 aromatic rings. The highest BCUT2D eigenvalue weighted by molar-refractivity contribution is 6.00. The second-order valence-electron chi connectivity index (χ2n) is 6.94. The van der Waals surface area contributed by atoms with Crippen LogP contribution in [0.1, 0.15) is 39.0 Å². The van der Waals surface area contributed by atoms with Crippen molar-refractivity contribution in [2.75, 3.05) is 13.2 Å². The van der Waals surface area contributed by atoms with Gasteiger partial charge in [0.05, 0.1) is 12.6 Å². The predicted molar refractivity (Wildman–Crippen MR) is 71.9 cm³/mol. The standard InChI is InChI=1S/C15H22N2O3/c1-15(10-4-5-10)14(19)16-12(9-2-3-9)13(18)17(15)11-6-7-20-8-11/h9-12H,2-8H2,1H3,(H,16,19). The summed E-state index contributed by atoms with van der Waals surface area (Å²) in [6.45, 7) is 3.24. The quantitative estimate of drug-likeness (QED) is 0.826. The Morgan fingerprint density at radius 2 is 1.95 bits per heavy atom. The van der Waals surface area contributed by atoms with Gasteiger partial charge in [-0.2, -0.15) is 0 Å². The van der Waals surface area contributed by atoms with Crippen molar-refractivity contribution >= 4 is 11.8 Å². The zero-order chi connectivity index (χ0) is 13.9. The molecular weight excluding hydrogens is 256 g/mol. The lowest BCUT2D eigenvalue weighted by Crippen LogP contribution is -2.73. The lowest BCUT2D eigenvalue weighted by atomic mass is 9.85. The van der Waals surface area contributed by atoms with Gasteiger partial charge < -0.3 is 15.0 Å². The Morgan fingerprint density at radius 3 is 2.50 bits per heavy atom. The van der Waals surface area contributed by atoms with E-state index >= 15 is 0 Å². The number of carbonyl (C=O) groups excluding carboxylic acids is 2. The Kier molecular flexibility index (Phi) is 2.65. The zero-order valence-electron chi connectivity index (χ0n) is 11.9. The molecule has 5 heteroatoms. The molecule has 110 valence electrons. The van der Waals surface area contributed by atoms with Gasteiger partial charge in [-0.1, -0.05) is 0 Å². The Hall–Kier alpha value is -1.10. The van der Waals surface area contributed by atoms with Gasteiger partial charge in [0.25, 0.3) is 0 Å².